The van der Waals surface area contributed by atoms with Crippen LogP contribution in [0.2, 0.25) is 0 Å². The van der Waals surface area contributed by atoms with Crippen LogP contribution < -0.4 is 0 Å². The third-order valence-corrected chi connectivity index (χ3v) is 2.99. The van der Waals surface area contributed by atoms with E-state index in [1.165, 1.54) is 13.8 Å². The van der Waals surface area contributed by atoms with Crippen molar-refractivity contribution in [3.63, 3.8) is 0 Å². The molecule has 0 saturated carbocycles. The molecule has 0 N–H and O–H groups in total. The van der Waals surface area contributed by atoms with Gasteiger partial charge in [-0.05, 0) is 60.8 Å². The molecule has 0 fully saturated rings. The Hall–Kier alpha value is -1.53. The van der Waals surface area contributed by atoms with E-state index in [0.29, 0.717) is 12.8 Å². The van der Waals surface area contributed by atoms with E-state index in [9.17, 15) is 22.8 Å². The minimum absolute atomic E-state index is 0.148. The topological polar surface area (TPSA) is 52.6 Å². The fourth-order valence-electron chi connectivity index (χ4n) is 1.90. The highest BCUT2D eigenvalue weighted by Crippen LogP contribution is 2.25. The zero-order chi connectivity index (χ0) is 19.2. The Morgan fingerprint density at radius 3 is 2.00 bits per heavy atom. The van der Waals surface area contributed by atoms with Crippen molar-refractivity contribution in [2.24, 2.45) is 0 Å². The number of hydrogen-bond acceptors (Lipinski definition) is 4. The minimum atomic E-state index is -4.99. The van der Waals surface area contributed by atoms with Crippen LogP contribution in [0.1, 0.15) is 67.2 Å². The molecule has 0 aliphatic rings. The van der Waals surface area contributed by atoms with Crippen molar-refractivity contribution in [3.05, 3.63) is 11.6 Å². The van der Waals surface area contributed by atoms with E-state index < -0.39 is 23.3 Å². The molecule has 0 rings (SSSR count). The van der Waals surface area contributed by atoms with Crippen LogP contribution in [-0.2, 0) is 19.1 Å². The van der Waals surface area contributed by atoms with E-state index in [1.54, 1.807) is 26.8 Å². The van der Waals surface area contributed by atoms with E-state index in [4.69, 9.17) is 4.74 Å². The highest BCUT2D eigenvalue weighted by Gasteiger charge is 2.43. The third-order valence-electron chi connectivity index (χ3n) is 2.99. The van der Waals surface area contributed by atoms with Crippen molar-refractivity contribution >= 4 is 11.9 Å². The molecule has 0 amide bonds. The van der Waals surface area contributed by atoms with Gasteiger partial charge in [0.05, 0.1) is 6.42 Å². The zero-order valence-electron chi connectivity index (χ0n) is 15.2. The maximum atomic E-state index is 12.2. The molecule has 0 unspecified atom stereocenters. The summed E-state index contributed by atoms with van der Waals surface area (Å²) in [5.41, 5.74) is -0.803. The molecule has 0 atom stereocenters. The number of esters is 2. The number of ether oxygens (including phenoxy) is 2. The highest BCUT2D eigenvalue weighted by atomic mass is 19.4. The lowest BCUT2D eigenvalue weighted by molar-refractivity contribution is -0.212. The average molecular weight is 352 g/mol. The monoisotopic (exact) mass is 352 g/mol. The summed E-state index contributed by atoms with van der Waals surface area (Å²) in [7, 11) is 0. The smallest absolute Gasteiger partial charge is 0.460 e. The fraction of sp³-hybridized carbons (Fsp3) is 0.765. The second-order valence-electron chi connectivity index (χ2n) is 7.34. The first-order valence-corrected chi connectivity index (χ1v) is 7.80. The van der Waals surface area contributed by atoms with Gasteiger partial charge in [0.15, 0.2) is 0 Å². The fourth-order valence-corrected chi connectivity index (χ4v) is 1.90. The molecule has 140 valence electrons. The first-order chi connectivity index (χ1) is 10.6. The van der Waals surface area contributed by atoms with Crippen LogP contribution in [0.5, 0.6) is 0 Å². The summed E-state index contributed by atoms with van der Waals surface area (Å²) in [5, 5.41) is 0. The summed E-state index contributed by atoms with van der Waals surface area (Å²) in [5.74, 6) is -2.51. The molecule has 0 aliphatic carbocycles. The molecule has 0 heterocycles. The second kappa shape index (κ2) is 8.53. The van der Waals surface area contributed by atoms with Crippen LogP contribution in [0.4, 0.5) is 13.2 Å². The molecule has 0 bridgehead atoms. The lowest BCUT2D eigenvalue weighted by atomic mass is 9.98. The van der Waals surface area contributed by atoms with Crippen LogP contribution >= 0.6 is 0 Å². The summed E-state index contributed by atoms with van der Waals surface area (Å²) in [4.78, 5) is 22.4. The van der Waals surface area contributed by atoms with Crippen molar-refractivity contribution in [2.75, 3.05) is 0 Å². The predicted octanol–water partition coefficient (Wildman–Crippen LogP) is 4.72. The normalized spacial score (nSPS) is 13.6. The van der Waals surface area contributed by atoms with Gasteiger partial charge in [0.1, 0.15) is 11.2 Å². The molecule has 0 aromatic rings. The van der Waals surface area contributed by atoms with E-state index in [0.717, 1.165) is 5.57 Å². The van der Waals surface area contributed by atoms with Gasteiger partial charge in [-0.15, -0.1) is 0 Å². The maximum absolute atomic E-state index is 12.2. The Balaban J connectivity index is 4.27. The number of carbonyl (C=O) groups is 2. The van der Waals surface area contributed by atoms with Crippen LogP contribution in [0.15, 0.2) is 11.6 Å². The number of allylic oxidation sites excluding steroid dienone is 1. The van der Waals surface area contributed by atoms with Crippen molar-refractivity contribution in [1.82, 2.24) is 0 Å². The van der Waals surface area contributed by atoms with Gasteiger partial charge in [-0.1, -0.05) is 11.6 Å². The van der Waals surface area contributed by atoms with Crippen molar-refractivity contribution in [1.29, 1.82) is 0 Å². The van der Waals surface area contributed by atoms with Crippen LogP contribution in [0.3, 0.4) is 0 Å². The summed E-state index contributed by atoms with van der Waals surface area (Å²) in [6.07, 6.45) is -1.68. The Morgan fingerprint density at radius 1 is 1.00 bits per heavy atom. The number of rotatable bonds is 7. The van der Waals surface area contributed by atoms with Crippen LogP contribution in [-0.4, -0.2) is 29.3 Å². The molecule has 4 nitrogen and oxygen atoms in total. The Morgan fingerprint density at radius 2 is 1.54 bits per heavy atom. The predicted molar refractivity (Wildman–Crippen MR) is 84.3 cm³/mol. The molecule has 0 aromatic carbocycles. The molecule has 7 heteroatoms. The number of alkyl halides is 3. The maximum Gasteiger partial charge on any atom is 0.490 e. The average Bonchev–Trinajstić information content (AvgIpc) is 2.32. The summed E-state index contributed by atoms with van der Waals surface area (Å²) >= 11 is 0. The van der Waals surface area contributed by atoms with Gasteiger partial charge in [-0.3, -0.25) is 4.79 Å². The molecular formula is C17H27F3O4. The van der Waals surface area contributed by atoms with E-state index in [-0.39, 0.29) is 18.8 Å². The minimum Gasteiger partial charge on any atom is -0.460 e. The number of hydrogen-bond donors (Lipinski definition) is 0. The van der Waals surface area contributed by atoms with Gasteiger partial charge in [0, 0.05) is 0 Å². The first kappa shape index (κ1) is 22.5. The molecule has 0 saturated heterocycles. The molecule has 24 heavy (non-hydrogen) atoms. The zero-order valence-corrected chi connectivity index (χ0v) is 15.2. The lowest BCUT2D eigenvalue weighted by Crippen LogP contribution is -2.35. The van der Waals surface area contributed by atoms with E-state index >= 15 is 0 Å². The summed E-state index contributed by atoms with van der Waals surface area (Å²) in [6, 6.07) is 0. The van der Waals surface area contributed by atoms with Gasteiger partial charge in [-0.25, -0.2) is 4.79 Å². The van der Waals surface area contributed by atoms with Crippen LogP contribution in [0, 0.1) is 0 Å². The van der Waals surface area contributed by atoms with Crippen LogP contribution in [0.25, 0.3) is 0 Å². The second-order valence-corrected chi connectivity index (χ2v) is 7.34. The lowest BCUT2D eigenvalue weighted by Gasteiger charge is -2.25. The van der Waals surface area contributed by atoms with Gasteiger partial charge in [0.2, 0.25) is 0 Å². The van der Waals surface area contributed by atoms with Gasteiger partial charge in [-0.2, -0.15) is 13.2 Å². The Kier molecular flexibility index (Phi) is 7.99. The standard InChI is InChI=1S/C17H27F3O4/c1-12(9-10-13(21)23-15(2,3)4)8-7-11-16(5,6)24-14(22)17(18,19)20/h9H,7-8,10-11H2,1-6H3/b12-9+. The number of carbonyl (C=O) groups excluding carboxylic acids is 2. The molecule has 0 aliphatic heterocycles. The quantitative estimate of drug-likeness (QED) is 0.491. The Labute approximate surface area is 141 Å². The van der Waals surface area contributed by atoms with Crippen molar-refractivity contribution in [3.8, 4) is 0 Å². The van der Waals surface area contributed by atoms with Gasteiger partial charge in [0.25, 0.3) is 0 Å². The SMILES string of the molecule is C/C(=C\CC(=O)OC(C)(C)C)CCCC(C)(C)OC(=O)C(F)(F)F. The number of halogens is 3. The van der Waals surface area contributed by atoms with E-state index in [2.05, 4.69) is 4.74 Å². The van der Waals surface area contributed by atoms with E-state index in [1.807, 2.05) is 6.92 Å². The van der Waals surface area contributed by atoms with Crippen molar-refractivity contribution < 1.29 is 32.2 Å². The van der Waals surface area contributed by atoms with Crippen molar-refractivity contribution in [2.45, 2.75) is 84.6 Å². The molecule has 0 radical (unpaired) electrons. The summed E-state index contributed by atoms with van der Waals surface area (Å²) < 4.78 is 46.2. The summed E-state index contributed by atoms with van der Waals surface area (Å²) in [6.45, 7) is 10.1. The molecule has 0 spiro atoms. The highest BCUT2D eigenvalue weighted by molar-refractivity contribution is 5.76. The third kappa shape index (κ3) is 11.1. The first-order valence-electron chi connectivity index (χ1n) is 7.80. The Bertz CT molecular complexity index is 471. The van der Waals surface area contributed by atoms with Gasteiger partial charge < -0.3 is 9.47 Å². The molecular weight excluding hydrogens is 325 g/mol. The largest absolute Gasteiger partial charge is 0.490 e. The molecule has 0 aromatic heterocycles. The van der Waals surface area contributed by atoms with Gasteiger partial charge >= 0.3 is 18.1 Å².